The second-order valence-electron chi connectivity index (χ2n) is 6.97. The molecule has 23 heavy (non-hydrogen) atoms. The number of urea groups is 1. The zero-order valence-corrected chi connectivity index (χ0v) is 14.2. The minimum Gasteiger partial charge on any atom is -0.394 e. The molecule has 1 atom stereocenters. The molecular weight excluding hydrogens is 300 g/mol. The van der Waals surface area contributed by atoms with Crippen molar-refractivity contribution in [1.82, 2.24) is 10.6 Å². The average molecular weight is 330 g/mol. The molecule has 0 bridgehead atoms. The van der Waals surface area contributed by atoms with Gasteiger partial charge in [0.05, 0.1) is 30.5 Å². The van der Waals surface area contributed by atoms with E-state index in [0.717, 1.165) is 12.8 Å². The lowest BCUT2D eigenvalue weighted by atomic mass is 9.94. The first-order valence-electron chi connectivity index (χ1n) is 8.47. The van der Waals surface area contributed by atoms with Crippen molar-refractivity contribution in [3.05, 3.63) is 0 Å². The number of carbonyl (C=O) groups excluding carboxylic acids is 1. The number of nitrogens with one attached hydrogen (secondary N) is 2. The summed E-state index contributed by atoms with van der Waals surface area (Å²) in [6, 6.07) is -0.211. The van der Waals surface area contributed by atoms with Gasteiger partial charge in [-0.15, -0.1) is 0 Å². The Morgan fingerprint density at radius 3 is 2.61 bits per heavy atom. The summed E-state index contributed by atoms with van der Waals surface area (Å²) in [5.41, 5.74) is -0.530. The minimum absolute atomic E-state index is 0.0242. The molecule has 0 aromatic carbocycles. The van der Waals surface area contributed by atoms with Crippen molar-refractivity contribution in [3.63, 3.8) is 0 Å². The van der Waals surface area contributed by atoms with Gasteiger partial charge in [-0.05, 0) is 26.7 Å². The smallest absolute Gasteiger partial charge is 0.314 e. The number of aliphatic hydroxyl groups excluding tert-OH is 1. The molecule has 0 spiro atoms. The van der Waals surface area contributed by atoms with Gasteiger partial charge in [-0.2, -0.15) is 0 Å². The molecule has 2 aliphatic rings. The third-order valence-corrected chi connectivity index (χ3v) is 4.52. The van der Waals surface area contributed by atoms with Crippen LogP contribution >= 0.6 is 0 Å². The van der Waals surface area contributed by atoms with E-state index in [-0.39, 0.29) is 30.9 Å². The molecule has 0 aromatic rings. The first-order valence-corrected chi connectivity index (χ1v) is 8.47. The van der Waals surface area contributed by atoms with Crippen molar-refractivity contribution in [1.29, 1.82) is 0 Å². The highest BCUT2D eigenvalue weighted by atomic mass is 16.5. The van der Waals surface area contributed by atoms with Gasteiger partial charge in [0.1, 0.15) is 0 Å². The van der Waals surface area contributed by atoms with Crippen molar-refractivity contribution >= 4 is 6.03 Å². The van der Waals surface area contributed by atoms with Crippen molar-refractivity contribution in [2.24, 2.45) is 0 Å². The zero-order valence-electron chi connectivity index (χ0n) is 14.2. The predicted molar refractivity (Wildman–Crippen MR) is 85.4 cm³/mol. The van der Waals surface area contributed by atoms with Crippen LogP contribution in [0.25, 0.3) is 0 Å². The lowest BCUT2D eigenvalue weighted by Gasteiger charge is -2.37. The van der Waals surface area contributed by atoms with Crippen LogP contribution in [0.5, 0.6) is 0 Å². The summed E-state index contributed by atoms with van der Waals surface area (Å²) in [5, 5.41) is 14.7. The molecule has 0 aliphatic carbocycles. The lowest BCUT2D eigenvalue weighted by molar-refractivity contribution is -0.114. The van der Waals surface area contributed by atoms with Crippen LogP contribution in [0.15, 0.2) is 0 Å². The van der Waals surface area contributed by atoms with Gasteiger partial charge in [0.2, 0.25) is 0 Å². The molecule has 1 unspecified atom stereocenters. The molecule has 0 radical (unpaired) electrons. The van der Waals surface area contributed by atoms with Gasteiger partial charge in [0, 0.05) is 39.1 Å². The Morgan fingerprint density at radius 2 is 2.00 bits per heavy atom. The largest absolute Gasteiger partial charge is 0.394 e. The van der Waals surface area contributed by atoms with E-state index < -0.39 is 5.60 Å². The maximum atomic E-state index is 12.0. The highest BCUT2D eigenvalue weighted by Gasteiger charge is 2.34. The van der Waals surface area contributed by atoms with Crippen LogP contribution in [-0.4, -0.2) is 68.0 Å². The number of amides is 2. The van der Waals surface area contributed by atoms with Gasteiger partial charge < -0.3 is 30.0 Å². The van der Waals surface area contributed by atoms with Gasteiger partial charge in [-0.1, -0.05) is 0 Å². The topological polar surface area (TPSA) is 89.1 Å². The van der Waals surface area contributed by atoms with E-state index in [0.29, 0.717) is 39.1 Å². The van der Waals surface area contributed by atoms with Crippen LogP contribution in [0.3, 0.4) is 0 Å². The van der Waals surface area contributed by atoms with Crippen molar-refractivity contribution < 1.29 is 24.1 Å². The SMILES string of the molecule is CC1(C)CCC(CNC(=O)NCC2(OCCO)CCOCC2)O1. The third-order valence-electron chi connectivity index (χ3n) is 4.52. The Kier molecular flexibility index (Phi) is 6.64. The van der Waals surface area contributed by atoms with Crippen molar-refractivity contribution in [3.8, 4) is 0 Å². The molecule has 0 aromatic heterocycles. The summed E-state index contributed by atoms with van der Waals surface area (Å²) in [5.74, 6) is 0. The summed E-state index contributed by atoms with van der Waals surface area (Å²) >= 11 is 0. The normalized spacial score (nSPS) is 26.0. The van der Waals surface area contributed by atoms with Crippen LogP contribution in [0.2, 0.25) is 0 Å². The molecular formula is C16H30N2O5. The minimum atomic E-state index is -0.440. The van der Waals surface area contributed by atoms with Gasteiger partial charge >= 0.3 is 6.03 Å². The number of hydrogen-bond acceptors (Lipinski definition) is 5. The Bertz CT molecular complexity index is 383. The first-order chi connectivity index (χ1) is 10.9. The Morgan fingerprint density at radius 1 is 1.26 bits per heavy atom. The first kappa shape index (κ1) is 18.4. The van der Waals surface area contributed by atoms with Crippen molar-refractivity contribution in [2.75, 3.05) is 39.5 Å². The number of carbonyl (C=O) groups is 1. The third kappa shape index (κ3) is 5.91. The highest BCUT2D eigenvalue weighted by Crippen LogP contribution is 2.28. The number of hydrogen-bond donors (Lipinski definition) is 3. The quantitative estimate of drug-likeness (QED) is 0.642. The molecule has 2 aliphatic heterocycles. The summed E-state index contributed by atoms with van der Waals surface area (Å²) < 4.78 is 17.0. The van der Waals surface area contributed by atoms with E-state index in [1.54, 1.807) is 0 Å². The van der Waals surface area contributed by atoms with Gasteiger partial charge in [-0.3, -0.25) is 0 Å². The fraction of sp³-hybridized carbons (Fsp3) is 0.938. The fourth-order valence-electron chi connectivity index (χ4n) is 3.11. The standard InChI is InChI=1S/C16H30N2O5/c1-15(2)4-3-13(23-15)11-17-14(20)18-12-16(22-10-7-19)5-8-21-9-6-16/h13,19H,3-12H2,1-2H3,(H2,17,18,20). The molecule has 2 rings (SSSR count). The zero-order chi connectivity index (χ0) is 16.8. The van der Waals surface area contributed by atoms with Gasteiger partial charge in [0.15, 0.2) is 0 Å². The Balaban J connectivity index is 1.71. The average Bonchev–Trinajstić information content (AvgIpc) is 2.89. The summed E-state index contributed by atoms with van der Waals surface area (Å²) in [6.07, 6.45) is 3.49. The lowest BCUT2D eigenvalue weighted by Crippen LogP contribution is -2.51. The van der Waals surface area contributed by atoms with Crippen molar-refractivity contribution in [2.45, 2.75) is 56.8 Å². The van der Waals surface area contributed by atoms with Crippen LogP contribution in [-0.2, 0) is 14.2 Å². The fourth-order valence-corrected chi connectivity index (χ4v) is 3.11. The molecule has 3 N–H and O–H groups in total. The predicted octanol–water partition coefficient (Wildman–Crippen LogP) is 0.801. The molecule has 2 amide bonds. The second-order valence-corrected chi connectivity index (χ2v) is 6.97. The maximum absolute atomic E-state index is 12.0. The Hall–Kier alpha value is -0.890. The molecule has 2 fully saturated rings. The van der Waals surface area contributed by atoms with E-state index in [9.17, 15) is 4.79 Å². The second kappa shape index (κ2) is 8.28. The van der Waals surface area contributed by atoms with Gasteiger partial charge in [-0.25, -0.2) is 4.79 Å². The summed E-state index contributed by atoms with van der Waals surface area (Å²) in [6.45, 7) is 6.54. The van der Waals surface area contributed by atoms with Crippen LogP contribution in [0.1, 0.15) is 39.5 Å². The van der Waals surface area contributed by atoms with E-state index >= 15 is 0 Å². The van der Waals surface area contributed by atoms with Gasteiger partial charge in [0.25, 0.3) is 0 Å². The maximum Gasteiger partial charge on any atom is 0.314 e. The van der Waals surface area contributed by atoms with E-state index in [1.165, 1.54) is 0 Å². The summed E-state index contributed by atoms with van der Waals surface area (Å²) in [4.78, 5) is 12.0. The molecule has 2 heterocycles. The molecule has 0 saturated carbocycles. The van der Waals surface area contributed by atoms with Crippen LogP contribution < -0.4 is 10.6 Å². The number of ether oxygens (including phenoxy) is 3. The monoisotopic (exact) mass is 330 g/mol. The molecule has 2 saturated heterocycles. The molecule has 134 valence electrons. The molecule has 7 nitrogen and oxygen atoms in total. The number of aliphatic hydroxyl groups is 1. The van der Waals surface area contributed by atoms with Crippen LogP contribution in [0.4, 0.5) is 4.79 Å². The van der Waals surface area contributed by atoms with E-state index in [4.69, 9.17) is 19.3 Å². The number of rotatable bonds is 7. The Labute approximate surface area is 138 Å². The molecule has 7 heteroatoms. The van der Waals surface area contributed by atoms with E-state index in [1.807, 2.05) is 0 Å². The highest BCUT2D eigenvalue weighted by molar-refractivity contribution is 5.73. The summed E-state index contributed by atoms with van der Waals surface area (Å²) in [7, 11) is 0. The van der Waals surface area contributed by atoms with Crippen LogP contribution in [0, 0.1) is 0 Å². The van der Waals surface area contributed by atoms with E-state index in [2.05, 4.69) is 24.5 Å².